The number of benzene rings is 1. The number of alkyl halides is 3. The Balaban J connectivity index is 2.08. The number of hydrogen-bond acceptors (Lipinski definition) is 4. The van der Waals surface area contributed by atoms with Gasteiger partial charge in [0.2, 0.25) is 0 Å². The van der Waals surface area contributed by atoms with Crippen LogP contribution >= 0.6 is 15.9 Å². The van der Waals surface area contributed by atoms with Gasteiger partial charge in [-0.3, -0.25) is 13.8 Å². The van der Waals surface area contributed by atoms with Crippen molar-refractivity contribution in [3.63, 3.8) is 0 Å². The highest BCUT2D eigenvalue weighted by Crippen LogP contribution is 2.31. The number of nitrogens with zero attached hydrogens (tertiary/aromatic N) is 3. The number of fused-ring (bicyclic) bond motifs is 1. The van der Waals surface area contributed by atoms with E-state index in [4.69, 9.17) is 0 Å². The van der Waals surface area contributed by atoms with Gasteiger partial charge in [-0.2, -0.15) is 0 Å². The Morgan fingerprint density at radius 1 is 1.30 bits per heavy atom. The predicted molar refractivity (Wildman–Crippen MR) is 111 cm³/mol. The molecule has 0 spiro atoms. The summed E-state index contributed by atoms with van der Waals surface area (Å²) < 4.78 is 54.6. The Labute approximate surface area is 177 Å². The van der Waals surface area contributed by atoms with Crippen molar-refractivity contribution in [1.29, 1.82) is 0 Å². The smallest absolute Gasteiger partial charge is 0.271 e. The second-order valence-electron chi connectivity index (χ2n) is 6.53. The molecule has 2 heterocycles. The van der Waals surface area contributed by atoms with Crippen molar-refractivity contribution >= 4 is 38.3 Å². The molecule has 0 fully saturated rings. The minimum Gasteiger partial charge on any atom is -0.363 e. The van der Waals surface area contributed by atoms with Crippen LogP contribution in [0, 0.1) is 5.82 Å². The number of anilines is 1. The fourth-order valence-electron chi connectivity index (χ4n) is 3.02. The highest BCUT2D eigenvalue weighted by Gasteiger charge is 2.21. The summed E-state index contributed by atoms with van der Waals surface area (Å²) in [5.74, 6) is -0.753. The second-order valence-corrected chi connectivity index (χ2v) is 7.32. The molecule has 0 saturated heterocycles. The molecule has 3 aromatic rings. The zero-order valence-corrected chi connectivity index (χ0v) is 17.4. The minimum atomic E-state index is -2.94. The molecule has 5 nitrogen and oxygen atoms in total. The molecule has 0 aliphatic carbocycles. The van der Waals surface area contributed by atoms with Crippen LogP contribution in [0.1, 0.15) is 36.9 Å². The molecular weight excluding hydrogens is 468 g/mol. The monoisotopic (exact) mass is 484 g/mol. The maximum Gasteiger partial charge on any atom is 0.271 e. The third-order valence-electron chi connectivity index (χ3n) is 4.59. The van der Waals surface area contributed by atoms with Crippen molar-refractivity contribution in [2.45, 2.75) is 25.8 Å². The van der Waals surface area contributed by atoms with Gasteiger partial charge in [-0.05, 0) is 22.9 Å². The molecule has 1 atom stereocenters. The van der Waals surface area contributed by atoms with Crippen molar-refractivity contribution in [2.75, 3.05) is 12.0 Å². The summed E-state index contributed by atoms with van der Waals surface area (Å²) >= 11 is 3.20. The first-order valence-corrected chi connectivity index (χ1v) is 9.68. The Kier molecular flexibility index (Phi) is 6.55. The molecule has 158 valence electrons. The van der Waals surface area contributed by atoms with Crippen LogP contribution in [0.5, 0.6) is 0 Å². The molecule has 1 aromatic carbocycles. The fraction of sp³-hybridized carbons (Fsp3) is 0.250. The Hall–Kier alpha value is -2.75. The van der Waals surface area contributed by atoms with Crippen LogP contribution < -0.4 is 10.9 Å². The molecule has 0 saturated carbocycles. The van der Waals surface area contributed by atoms with E-state index in [9.17, 15) is 22.4 Å². The quantitative estimate of drug-likeness (QED) is 0.441. The predicted octanol–water partition coefficient (Wildman–Crippen LogP) is 5.63. The van der Waals surface area contributed by atoms with Crippen molar-refractivity contribution < 1.29 is 17.6 Å². The lowest BCUT2D eigenvalue weighted by Gasteiger charge is -2.19. The number of hydrogen-bond donors (Lipinski definition) is 1. The van der Waals surface area contributed by atoms with Crippen LogP contribution in [0.4, 0.5) is 23.4 Å². The molecule has 10 heteroatoms. The SMILES string of the molecule is C=C(CCF)n1cc2c(N[C@@H](C)c3cccc(C(F)F)c3F)ncnc2c(Br)c1=O. The summed E-state index contributed by atoms with van der Waals surface area (Å²) in [5.41, 5.74) is -0.588. The van der Waals surface area contributed by atoms with Crippen LogP contribution in [0.25, 0.3) is 16.6 Å². The molecule has 2 aromatic heterocycles. The number of aromatic nitrogens is 3. The van der Waals surface area contributed by atoms with Gasteiger partial charge in [0, 0.05) is 23.9 Å². The third-order valence-corrected chi connectivity index (χ3v) is 5.31. The lowest BCUT2D eigenvalue weighted by atomic mass is 10.0. The first kappa shape index (κ1) is 21.9. The summed E-state index contributed by atoms with van der Waals surface area (Å²) in [6.45, 7) is 4.63. The summed E-state index contributed by atoms with van der Waals surface area (Å²) in [7, 11) is 0. The van der Waals surface area contributed by atoms with Crippen molar-refractivity contribution in [2.24, 2.45) is 0 Å². The van der Waals surface area contributed by atoms with Crippen LogP contribution in [-0.4, -0.2) is 21.2 Å². The third kappa shape index (κ3) is 4.09. The average molecular weight is 485 g/mol. The Morgan fingerprint density at radius 2 is 2.00 bits per heavy atom. The van der Waals surface area contributed by atoms with Gasteiger partial charge in [0.25, 0.3) is 12.0 Å². The number of nitrogens with one attached hydrogen (secondary N) is 1. The van der Waals surface area contributed by atoms with E-state index < -0.39 is 36.1 Å². The van der Waals surface area contributed by atoms with Gasteiger partial charge in [-0.25, -0.2) is 23.1 Å². The maximum absolute atomic E-state index is 14.5. The molecule has 30 heavy (non-hydrogen) atoms. The van der Waals surface area contributed by atoms with Gasteiger partial charge < -0.3 is 5.32 Å². The van der Waals surface area contributed by atoms with E-state index in [1.54, 1.807) is 6.92 Å². The van der Waals surface area contributed by atoms with E-state index >= 15 is 0 Å². The van der Waals surface area contributed by atoms with Crippen molar-refractivity contribution in [3.8, 4) is 0 Å². The van der Waals surface area contributed by atoms with Crippen LogP contribution in [0.15, 0.2) is 46.6 Å². The van der Waals surface area contributed by atoms with E-state index in [1.807, 2.05) is 0 Å². The van der Waals surface area contributed by atoms with E-state index in [1.165, 1.54) is 29.2 Å². The molecule has 0 unspecified atom stereocenters. The zero-order chi connectivity index (χ0) is 22.0. The molecule has 3 rings (SSSR count). The van der Waals surface area contributed by atoms with Crippen molar-refractivity contribution in [1.82, 2.24) is 14.5 Å². The van der Waals surface area contributed by atoms with E-state index in [2.05, 4.69) is 37.8 Å². The zero-order valence-electron chi connectivity index (χ0n) is 15.8. The van der Waals surface area contributed by atoms with Gasteiger partial charge in [0.05, 0.1) is 29.2 Å². The lowest BCUT2D eigenvalue weighted by Crippen LogP contribution is -2.21. The second kappa shape index (κ2) is 8.95. The summed E-state index contributed by atoms with van der Waals surface area (Å²) in [6, 6.07) is 3.06. The molecule has 0 aliphatic heterocycles. The number of halogens is 5. The van der Waals surface area contributed by atoms with Crippen LogP contribution in [0.3, 0.4) is 0 Å². The van der Waals surface area contributed by atoms with Gasteiger partial charge >= 0.3 is 0 Å². The average Bonchev–Trinajstić information content (AvgIpc) is 2.71. The highest BCUT2D eigenvalue weighted by molar-refractivity contribution is 9.10. The normalized spacial score (nSPS) is 12.4. The summed E-state index contributed by atoms with van der Waals surface area (Å²) in [4.78, 5) is 20.8. The highest BCUT2D eigenvalue weighted by atomic mass is 79.9. The largest absolute Gasteiger partial charge is 0.363 e. The van der Waals surface area contributed by atoms with Crippen LogP contribution in [-0.2, 0) is 0 Å². The summed E-state index contributed by atoms with van der Waals surface area (Å²) in [5, 5.41) is 3.37. The molecule has 1 N–H and O–H groups in total. The minimum absolute atomic E-state index is 0.0359. The van der Waals surface area contributed by atoms with E-state index in [0.29, 0.717) is 5.39 Å². The number of pyridine rings is 1. The molecule has 0 bridgehead atoms. The van der Waals surface area contributed by atoms with E-state index in [-0.39, 0.29) is 33.5 Å². The molecule has 0 radical (unpaired) electrons. The summed E-state index contributed by atoms with van der Waals surface area (Å²) in [6.07, 6.45) is -0.352. The van der Waals surface area contributed by atoms with Gasteiger partial charge in [0.15, 0.2) is 0 Å². The molecule has 0 aliphatic rings. The van der Waals surface area contributed by atoms with Gasteiger partial charge in [0.1, 0.15) is 22.4 Å². The molecule has 0 amide bonds. The molecular formula is C20H17BrF4N4O. The first-order chi connectivity index (χ1) is 14.3. The first-order valence-electron chi connectivity index (χ1n) is 8.89. The number of allylic oxidation sites excluding steroid dienone is 1. The van der Waals surface area contributed by atoms with E-state index in [0.717, 1.165) is 6.07 Å². The topological polar surface area (TPSA) is 59.8 Å². The number of rotatable bonds is 7. The van der Waals surface area contributed by atoms with Gasteiger partial charge in [-0.15, -0.1) is 0 Å². The standard InChI is InChI=1S/C20H17BrF4N4O/c1-10(6-7-22)29-8-14-17(15(21)20(29)30)26-9-27-19(14)28-11(2)12-4-3-5-13(16(12)23)18(24)25/h3-5,8-9,11,18H,1,6-7H2,2H3,(H,26,27,28)/t11-/m0/s1. The van der Waals surface area contributed by atoms with Crippen LogP contribution in [0.2, 0.25) is 0 Å². The van der Waals surface area contributed by atoms with Gasteiger partial charge in [-0.1, -0.05) is 24.8 Å². The van der Waals surface area contributed by atoms with Crippen molar-refractivity contribution in [3.05, 3.63) is 69.1 Å². The Morgan fingerprint density at radius 3 is 2.67 bits per heavy atom. The maximum atomic E-state index is 14.5. The Bertz CT molecular complexity index is 1170. The fourth-order valence-corrected chi connectivity index (χ4v) is 3.53. The lowest BCUT2D eigenvalue weighted by molar-refractivity contribution is 0.146.